The van der Waals surface area contributed by atoms with Crippen LogP contribution >= 0.6 is 11.6 Å². The van der Waals surface area contributed by atoms with Gasteiger partial charge in [-0.3, -0.25) is 0 Å². The molecule has 1 aromatic carbocycles. The van der Waals surface area contributed by atoms with E-state index in [4.69, 9.17) is 11.6 Å². The normalized spacial score (nSPS) is 14.0. The van der Waals surface area contributed by atoms with Crippen LogP contribution < -0.4 is 0 Å². The van der Waals surface area contributed by atoms with Gasteiger partial charge in [0, 0.05) is 10.6 Å². The Morgan fingerprint density at radius 1 is 1.36 bits per heavy atom. The highest BCUT2D eigenvalue weighted by atomic mass is 35.5. The van der Waals surface area contributed by atoms with Crippen LogP contribution in [0.15, 0.2) is 24.3 Å². The summed E-state index contributed by atoms with van der Waals surface area (Å²) < 4.78 is 0. The highest BCUT2D eigenvalue weighted by Gasteiger charge is 2.11. The smallest absolute Gasteiger partial charge is 0.122 e. The van der Waals surface area contributed by atoms with Crippen LogP contribution in [0.25, 0.3) is 0 Å². The van der Waals surface area contributed by atoms with Crippen LogP contribution in [0.4, 0.5) is 0 Å². The van der Waals surface area contributed by atoms with E-state index in [-0.39, 0.29) is 0 Å². The SMILES string of the molecule is CCC(C)(O)C#Cc1ccc(Cl)cc1. The van der Waals surface area contributed by atoms with Gasteiger partial charge in [-0.25, -0.2) is 0 Å². The number of rotatable bonds is 1. The zero-order valence-electron chi connectivity index (χ0n) is 8.34. The fraction of sp³-hybridized carbons (Fsp3) is 0.333. The van der Waals surface area contributed by atoms with Crippen molar-refractivity contribution < 1.29 is 5.11 Å². The molecule has 0 amide bonds. The summed E-state index contributed by atoms with van der Waals surface area (Å²) in [6.45, 7) is 3.60. The molecular formula is C12H13ClO. The number of hydrogen-bond donors (Lipinski definition) is 1. The largest absolute Gasteiger partial charge is 0.378 e. The van der Waals surface area contributed by atoms with Gasteiger partial charge in [0.2, 0.25) is 0 Å². The van der Waals surface area contributed by atoms with E-state index in [0.717, 1.165) is 5.56 Å². The van der Waals surface area contributed by atoms with Crippen LogP contribution in [0.5, 0.6) is 0 Å². The molecular weight excluding hydrogens is 196 g/mol. The van der Waals surface area contributed by atoms with E-state index in [1.807, 2.05) is 19.1 Å². The number of benzene rings is 1. The van der Waals surface area contributed by atoms with Crippen molar-refractivity contribution in [2.45, 2.75) is 25.9 Å². The van der Waals surface area contributed by atoms with Crippen LogP contribution in [-0.2, 0) is 0 Å². The molecule has 0 bridgehead atoms. The summed E-state index contributed by atoms with van der Waals surface area (Å²) in [6, 6.07) is 7.24. The third-order valence-corrected chi connectivity index (χ3v) is 2.26. The van der Waals surface area contributed by atoms with Crippen molar-refractivity contribution in [2.75, 3.05) is 0 Å². The highest BCUT2D eigenvalue weighted by Crippen LogP contribution is 2.10. The Bertz CT molecular complexity index is 354. The minimum absolute atomic E-state index is 0.619. The first-order valence-electron chi connectivity index (χ1n) is 4.54. The topological polar surface area (TPSA) is 20.2 Å². The number of aliphatic hydroxyl groups is 1. The average molecular weight is 209 g/mol. The summed E-state index contributed by atoms with van der Waals surface area (Å²) >= 11 is 5.73. The van der Waals surface area contributed by atoms with Gasteiger partial charge in [-0.1, -0.05) is 30.4 Å². The molecule has 74 valence electrons. The second kappa shape index (κ2) is 4.50. The van der Waals surface area contributed by atoms with Gasteiger partial charge in [-0.15, -0.1) is 0 Å². The lowest BCUT2D eigenvalue weighted by atomic mass is 10.0. The summed E-state index contributed by atoms with van der Waals surface area (Å²) in [5, 5.41) is 10.3. The molecule has 0 aliphatic rings. The van der Waals surface area contributed by atoms with Gasteiger partial charge in [0.25, 0.3) is 0 Å². The van der Waals surface area contributed by atoms with Crippen molar-refractivity contribution in [3.8, 4) is 11.8 Å². The molecule has 0 saturated heterocycles. The summed E-state index contributed by atoms with van der Waals surface area (Å²) in [4.78, 5) is 0. The maximum absolute atomic E-state index is 9.64. The zero-order chi connectivity index (χ0) is 10.6. The molecule has 0 spiro atoms. The molecule has 14 heavy (non-hydrogen) atoms. The van der Waals surface area contributed by atoms with Gasteiger partial charge in [0.05, 0.1) is 0 Å². The van der Waals surface area contributed by atoms with Gasteiger partial charge in [0.15, 0.2) is 0 Å². The minimum atomic E-state index is -0.903. The van der Waals surface area contributed by atoms with Crippen LogP contribution in [-0.4, -0.2) is 10.7 Å². The van der Waals surface area contributed by atoms with Gasteiger partial charge >= 0.3 is 0 Å². The van der Waals surface area contributed by atoms with Gasteiger partial charge < -0.3 is 5.11 Å². The van der Waals surface area contributed by atoms with Gasteiger partial charge in [-0.05, 0) is 37.6 Å². The van der Waals surface area contributed by atoms with E-state index in [0.29, 0.717) is 11.4 Å². The van der Waals surface area contributed by atoms with Crippen molar-refractivity contribution in [3.05, 3.63) is 34.9 Å². The second-order valence-electron chi connectivity index (χ2n) is 3.38. The first-order chi connectivity index (χ1) is 6.53. The Morgan fingerprint density at radius 2 is 1.93 bits per heavy atom. The molecule has 0 radical (unpaired) electrons. The summed E-state index contributed by atoms with van der Waals surface area (Å²) in [5.41, 5.74) is -0.0391. The Balaban J connectivity index is 2.83. The maximum atomic E-state index is 9.64. The molecule has 0 aliphatic heterocycles. The summed E-state index contributed by atoms with van der Waals surface area (Å²) in [5.74, 6) is 5.71. The molecule has 0 fully saturated rings. The van der Waals surface area contributed by atoms with E-state index in [2.05, 4.69) is 11.8 Å². The van der Waals surface area contributed by atoms with Crippen molar-refractivity contribution in [2.24, 2.45) is 0 Å². The predicted octanol–water partition coefficient (Wildman–Crippen LogP) is 2.85. The van der Waals surface area contributed by atoms with Crippen molar-refractivity contribution >= 4 is 11.6 Å². The van der Waals surface area contributed by atoms with E-state index in [9.17, 15) is 5.11 Å². The second-order valence-corrected chi connectivity index (χ2v) is 3.82. The average Bonchev–Trinajstić information content (AvgIpc) is 2.17. The Kier molecular flexibility index (Phi) is 3.57. The first kappa shape index (κ1) is 11.1. The van der Waals surface area contributed by atoms with Crippen LogP contribution in [0.2, 0.25) is 5.02 Å². The summed E-state index contributed by atoms with van der Waals surface area (Å²) in [7, 11) is 0. The Labute approximate surface area is 89.7 Å². The molecule has 0 heterocycles. The molecule has 0 aromatic heterocycles. The third-order valence-electron chi connectivity index (χ3n) is 2.01. The molecule has 1 aromatic rings. The molecule has 1 unspecified atom stereocenters. The minimum Gasteiger partial charge on any atom is -0.378 e. The molecule has 0 saturated carbocycles. The van der Waals surface area contributed by atoms with E-state index < -0.39 is 5.60 Å². The predicted molar refractivity (Wildman–Crippen MR) is 59.2 cm³/mol. The molecule has 1 nitrogen and oxygen atoms in total. The molecule has 0 aliphatic carbocycles. The molecule has 1 N–H and O–H groups in total. The third kappa shape index (κ3) is 3.41. The quantitative estimate of drug-likeness (QED) is 0.704. The Morgan fingerprint density at radius 3 is 2.43 bits per heavy atom. The van der Waals surface area contributed by atoms with Crippen LogP contribution in [0.1, 0.15) is 25.8 Å². The van der Waals surface area contributed by atoms with E-state index in [1.54, 1.807) is 19.1 Å². The monoisotopic (exact) mass is 208 g/mol. The fourth-order valence-electron chi connectivity index (χ4n) is 0.828. The Hall–Kier alpha value is -0.970. The maximum Gasteiger partial charge on any atom is 0.122 e. The lowest BCUT2D eigenvalue weighted by Crippen LogP contribution is -2.19. The highest BCUT2D eigenvalue weighted by molar-refractivity contribution is 6.30. The number of hydrogen-bond acceptors (Lipinski definition) is 1. The van der Waals surface area contributed by atoms with Crippen LogP contribution in [0.3, 0.4) is 0 Å². The van der Waals surface area contributed by atoms with E-state index >= 15 is 0 Å². The number of halogens is 1. The van der Waals surface area contributed by atoms with Crippen molar-refractivity contribution in [1.82, 2.24) is 0 Å². The first-order valence-corrected chi connectivity index (χ1v) is 4.92. The van der Waals surface area contributed by atoms with E-state index in [1.165, 1.54) is 0 Å². The molecule has 2 heteroatoms. The lowest BCUT2D eigenvalue weighted by molar-refractivity contribution is 0.118. The fourth-order valence-corrected chi connectivity index (χ4v) is 0.954. The zero-order valence-corrected chi connectivity index (χ0v) is 9.10. The van der Waals surface area contributed by atoms with Crippen molar-refractivity contribution in [3.63, 3.8) is 0 Å². The lowest BCUT2D eigenvalue weighted by Gasteiger charge is -2.11. The molecule has 1 atom stereocenters. The standard InChI is InChI=1S/C12H13ClO/c1-3-12(2,14)9-8-10-4-6-11(13)7-5-10/h4-7,14H,3H2,1-2H3. The molecule has 1 rings (SSSR count). The summed E-state index contributed by atoms with van der Waals surface area (Å²) in [6.07, 6.45) is 0.619. The van der Waals surface area contributed by atoms with Crippen molar-refractivity contribution in [1.29, 1.82) is 0 Å². The van der Waals surface area contributed by atoms with Crippen LogP contribution in [0, 0.1) is 11.8 Å². The van der Waals surface area contributed by atoms with Gasteiger partial charge in [-0.2, -0.15) is 0 Å². The van der Waals surface area contributed by atoms with Gasteiger partial charge in [0.1, 0.15) is 5.60 Å².